The third kappa shape index (κ3) is 14.0. The lowest BCUT2D eigenvalue weighted by Crippen LogP contribution is -2.21. The lowest BCUT2D eigenvalue weighted by Gasteiger charge is -2.22. The molecule has 0 N–H and O–H groups in total. The Bertz CT molecular complexity index is 539. The Labute approximate surface area is 199 Å². The summed E-state index contributed by atoms with van der Waals surface area (Å²) >= 11 is 0. The maximum absolute atomic E-state index is 13.2. The predicted octanol–water partition coefficient (Wildman–Crippen LogP) is 9.97. The highest BCUT2D eigenvalue weighted by molar-refractivity contribution is 5.72. The van der Waals surface area contributed by atoms with Crippen LogP contribution in [0.1, 0.15) is 148 Å². The molecule has 0 aliphatic heterocycles. The average molecular weight is 445 g/mol. The number of hydrogen-bond acceptors (Lipinski definition) is 2. The lowest BCUT2D eigenvalue weighted by atomic mass is 9.93. The van der Waals surface area contributed by atoms with E-state index in [1.807, 2.05) is 18.2 Å². The molecule has 0 radical (unpaired) electrons. The van der Waals surface area contributed by atoms with Crippen LogP contribution in [-0.2, 0) is 9.53 Å². The minimum Gasteiger partial charge on any atom is -0.457 e. The summed E-state index contributed by atoms with van der Waals surface area (Å²) in [7, 11) is 0. The molecule has 2 atom stereocenters. The van der Waals surface area contributed by atoms with E-state index in [2.05, 4.69) is 32.9 Å². The quantitative estimate of drug-likeness (QED) is 0.139. The second-order valence-corrected chi connectivity index (χ2v) is 9.64. The summed E-state index contributed by atoms with van der Waals surface area (Å²) in [5.41, 5.74) is 1.13. The topological polar surface area (TPSA) is 26.3 Å². The van der Waals surface area contributed by atoms with Crippen molar-refractivity contribution in [2.24, 2.45) is 5.92 Å². The van der Waals surface area contributed by atoms with E-state index in [1.54, 1.807) is 0 Å². The number of benzene rings is 1. The number of esters is 1. The van der Waals surface area contributed by atoms with E-state index in [4.69, 9.17) is 4.74 Å². The minimum absolute atomic E-state index is 0.0452. The smallest absolute Gasteiger partial charge is 0.309 e. The van der Waals surface area contributed by atoms with E-state index >= 15 is 0 Å². The molecule has 1 rings (SSSR count). The van der Waals surface area contributed by atoms with Crippen molar-refractivity contribution in [3.8, 4) is 0 Å². The molecule has 0 saturated carbocycles. The first-order valence-corrected chi connectivity index (χ1v) is 14.0. The highest BCUT2D eigenvalue weighted by Crippen LogP contribution is 2.27. The predicted molar refractivity (Wildman–Crippen MR) is 139 cm³/mol. The van der Waals surface area contributed by atoms with Crippen molar-refractivity contribution < 1.29 is 9.53 Å². The molecule has 0 aromatic heterocycles. The SMILES string of the molecule is CCCCCCCCCCC(CCCCCCCC)C(=O)OC(CCC)c1ccccc1. The van der Waals surface area contributed by atoms with Crippen LogP contribution in [0.4, 0.5) is 0 Å². The Kier molecular flexibility index (Phi) is 18.2. The monoisotopic (exact) mass is 444 g/mol. The number of carbonyl (C=O) groups is 1. The first kappa shape index (κ1) is 28.7. The van der Waals surface area contributed by atoms with Gasteiger partial charge in [0.25, 0.3) is 0 Å². The van der Waals surface area contributed by atoms with E-state index in [0.717, 1.165) is 44.1 Å². The number of unbranched alkanes of at least 4 members (excludes halogenated alkanes) is 12. The molecular formula is C30H52O2. The van der Waals surface area contributed by atoms with Crippen LogP contribution < -0.4 is 0 Å². The molecule has 0 heterocycles. The van der Waals surface area contributed by atoms with Gasteiger partial charge in [0.2, 0.25) is 0 Å². The fourth-order valence-electron chi connectivity index (χ4n) is 4.54. The second kappa shape index (κ2) is 20.3. The normalized spacial score (nSPS) is 13.1. The highest BCUT2D eigenvalue weighted by Gasteiger charge is 2.23. The maximum atomic E-state index is 13.2. The number of rotatable bonds is 21. The molecule has 0 spiro atoms. The van der Waals surface area contributed by atoms with E-state index in [0.29, 0.717) is 0 Å². The zero-order valence-corrected chi connectivity index (χ0v) is 21.6. The molecule has 2 heteroatoms. The molecule has 0 bridgehead atoms. The molecule has 0 aliphatic rings. The number of carbonyl (C=O) groups excluding carboxylic acids is 1. The van der Waals surface area contributed by atoms with Crippen LogP contribution in [0.25, 0.3) is 0 Å². The first-order chi connectivity index (χ1) is 15.7. The number of hydrogen-bond donors (Lipinski definition) is 0. The third-order valence-corrected chi connectivity index (χ3v) is 6.63. The first-order valence-electron chi connectivity index (χ1n) is 14.0. The van der Waals surface area contributed by atoms with Gasteiger partial charge >= 0.3 is 5.97 Å². The fourth-order valence-corrected chi connectivity index (χ4v) is 4.54. The highest BCUT2D eigenvalue weighted by atomic mass is 16.5. The molecule has 2 unspecified atom stereocenters. The second-order valence-electron chi connectivity index (χ2n) is 9.64. The zero-order valence-electron chi connectivity index (χ0n) is 21.6. The molecule has 0 saturated heterocycles. The Morgan fingerprint density at radius 3 is 1.56 bits per heavy atom. The Hall–Kier alpha value is -1.31. The summed E-state index contributed by atoms with van der Waals surface area (Å²) in [5, 5.41) is 0. The van der Waals surface area contributed by atoms with Crippen molar-refractivity contribution in [1.29, 1.82) is 0 Å². The van der Waals surface area contributed by atoms with Gasteiger partial charge in [0.05, 0.1) is 5.92 Å². The largest absolute Gasteiger partial charge is 0.457 e. The van der Waals surface area contributed by atoms with Crippen LogP contribution in [0.3, 0.4) is 0 Å². The van der Waals surface area contributed by atoms with E-state index in [1.165, 1.54) is 77.0 Å². The van der Waals surface area contributed by atoms with Crippen molar-refractivity contribution in [3.63, 3.8) is 0 Å². The van der Waals surface area contributed by atoms with Gasteiger partial charge in [-0.3, -0.25) is 4.79 Å². The fraction of sp³-hybridized carbons (Fsp3) is 0.767. The molecule has 184 valence electrons. The van der Waals surface area contributed by atoms with E-state index in [9.17, 15) is 4.79 Å². The standard InChI is InChI=1S/C30H52O2/c1-4-7-9-11-13-14-16-19-26-28(25-18-15-12-10-8-5-2)30(31)32-29(22-6-3)27-23-20-17-21-24-27/h17,20-21,23-24,28-29H,4-16,18-19,22,25-26H2,1-3H3. The van der Waals surface area contributed by atoms with Gasteiger partial charge in [-0.2, -0.15) is 0 Å². The van der Waals surface area contributed by atoms with Crippen molar-refractivity contribution in [1.82, 2.24) is 0 Å². The van der Waals surface area contributed by atoms with Gasteiger partial charge in [-0.1, -0.05) is 147 Å². The number of ether oxygens (including phenoxy) is 1. The summed E-state index contributed by atoms with van der Waals surface area (Å²) in [4.78, 5) is 13.2. The van der Waals surface area contributed by atoms with Crippen LogP contribution in [0, 0.1) is 5.92 Å². The Morgan fingerprint density at radius 1 is 0.625 bits per heavy atom. The molecule has 1 aromatic rings. The van der Waals surface area contributed by atoms with Crippen molar-refractivity contribution in [2.75, 3.05) is 0 Å². The molecule has 2 nitrogen and oxygen atoms in total. The van der Waals surface area contributed by atoms with E-state index in [-0.39, 0.29) is 18.0 Å². The Morgan fingerprint density at radius 2 is 1.09 bits per heavy atom. The van der Waals surface area contributed by atoms with Gasteiger partial charge in [0.15, 0.2) is 0 Å². The van der Waals surface area contributed by atoms with Gasteiger partial charge in [0.1, 0.15) is 6.10 Å². The summed E-state index contributed by atoms with van der Waals surface area (Å²) in [6, 6.07) is 10.3. The van der Waals surface area contributed by atoms with Crippen LogP contribution in [0.15, 0.2) is 30.3 Å². The van der Waals surface area contributed by atoms with Crippen LogP contribution in [-0.4, -0.2) is 5.97 Å². The maximum Gasteiger partial charge on any atom is 0.309 e. The van der Waals surface area contributed by atoms with Crippen LogP contribution in [0.2, 0.25) is 0 Å². The van der Waals surface area contributed by atoms with Crippen LogP contribution >= 0.6 is 0 Å². The van der Waals surface area contributed by atoms with Gasteiger partial charge in [-0.25, -0.2) is 0 Å². The summed E-state index contributed by atoms with van der Waals surface area (Å²) < 4.78 is 6.12. The third-order valence-electron chi connectivity index (χ3n) is 6.63. The molecule has 0 amide bonds. The summed E-state index contributed by atoms with van der Waals surface area (Å²) in [6.45, 7) is 6.69. The molecule has 32 heavy (non-hydrogen) atoms. The molecule has 1 aromatic carbocycles. The summed E-state index contributed by atoms with van der Waals surface area (Å²) in [5.74, 6) is 0.119. The van der Waals surface area contributed by atoms with E-state index < -0.39 is 0 Å². The van der Waals surface area contributed by atoms with Crippen molar-refractivity contribution in [2.45, 2.75) is 142 Å². The van der Waals surface area contributed by atoms with Gasteiger partial charge in [-0.15, -0.1) is 0 Å². The zero-order chi connectivity index (χ0) is 23.3. The molecule has 0 fully saturated rings. The molecule has 0 aliphatic carbocycles. The Balaban J connectivity index is 2.52. The van der Waals surface area contributed by atoms with Crippen molar-refractivity contribution >= 4 is 5.97 Å². The van der Waals surface area contributed by atoms with Crippen LogP contribution in [0.5, 0.6) is 0 Å². The molecular weight excluding hydrogens is 392 g/mol. The average Bonchev–Trinajstić information content (AvgIpc) is 2.81. The lowest BCUT2D eigenvalue weighted by molar-refractivity contribution is -0.155. The van der Waals surface area contributed by atoms with Crippen molar-refractivity contribution in [3.05, 3.63) is 35.9 Å². The van der Waals surface area contributed by atoms with Gasteiger partial charge in [0, 0.05) is 0 Å². The summed E-state index contributed by atoms with van der Waals surface area (Å²) in [6.07, 6.45) is 22.0. The van der Waals surface area contributed by atoms with Gasteiger partial charge in [-0.05, 0) is 24.8 Å². The van der Waals surface area contributed by atoms with Gasteiger partial charge < -0.3 is 4.74 Å². The minimum atomic E-state index is -0.0979.